The summed E-state index contributed by atoms with van der Waals surface area (Å²) in [5, 5.41) is 8.77. The highest BCUT2D eigenvalue weighted by Gasteiger charge is 2.13. The highest BCUT2D eigenvalue weighted by molar-refractivity contribution is 9.10. The summed E-state index contributed by atoms with van der Waals surface area (Å²) in [4.78, 5) is 0. The summed E-state index contributed by atoms with van der Waals surface area (Å²) < 4.78 is 32.3. The molecule has 2 aromatic carbocycles. The van der Waals surface area contributed by atoms with E-state index in [4.69, 9.17) is 15.7 Å². The van der Waals surface area contributed by atoms with E-state index < -0.39 is 11.6 Å². The van der Waals surface area contributed by atoms with Crippen LogP contribution < -0.4 is 10.5 Å². The molecule has 0 fully saturated rings. The Bertz CT molecular complexity index is 683. The monoisotopic (exact) mass is 324 g/mol. The number of ether oxygens (including phenoxy) is 1. The van der Waals surface area contributed by atoms with Crippen molar-refractivity contribution in [1.29, 1.82) is 5.26 Å². The topological polar surface area (TPSA) is 59.0 Å². The maximum atomic E-state index is 13.6. The fraction of sp³-hybridized carbons (Fsp3) is 0. The number of nitrogens with two attached hydrogens (primary N) is 1. The lowest BCUT2D eigenvalue weighted by molar-refractivity contribution is 0.416. The molecule has 96 valence electrons. The number of benzene rings is 2. The third kappa shape index (κ3) is 2.83. The molecule has 0 heterocycles. The molecule has 0 bridgehead atoms. The third-order valence-corrected chi connectivity index (χ3v) is 2.78. The molecule has 0 aliphatic carbocycles. The molecule has 2 rings (SSSR count). The molecule has 0 spiro atoms. The van der Waals surface area contributed by atoms with Gasteiger partial charge in [0.15, 0.2) is 17.3 Å². The van der Waals surface area contributed by atoms with E-state index in [1.165, 1.54) is 24.3 Å². The van der Waals surface area contributed by atoms with Crippen LogP contribution in [0.25, 0.3) is 0 Å². The molecule has 2 N–H and O–H groups in total. The Kier molecular flexibility index (Phi) is 3.67. The van der Waals surface area contributed by atoms with E-state index in [9.17, 15) is 8.78 Å². The average Bonchev–Trinajstić information content (AvgIpc) is 2.38. The number of hydrogen-bond donors (Lipinski definition) is 1. The Morgan fingerprint density at radius 1 is 1.16 bits per heavy atom. The number of rotatable bonds is 2. The van der Waals surface area contributed by atoms with Crippen LogP contribution in [0.1, 0.15) is 5.56 Å². The molecule has 0 saturated heterocycles. The standard InChI is InChI=1S/C13H7BrF2N2O/c14-8-4-9(15)13(16)12(5-8)19-11-3-7(6-17)1-2-10(11)18/h1-5H,18H2. The SMILES string of the molecule is N#Cc1ccc(N)c(Oc2cc(Br)cc(F)c2F)c1. The number of nitriles is 1. The summed E-state index contributed by atoms with van der Waals surface area (Å²) in [6, 6.07) is 8.48. The number of nitrogen functional groups attached to an aromatic ring is 1. The van der Waals surface area contributed by atoms with Crippen molar-refractivity contribution in [3.63, 3.8) is 0 Å². The molecule has 0 radical (unpaired) electrons. The van der Waals surface area contributed by atoms with Gasteiger partial charge in [-0.2, -0.15) is 9.65 Å². The number of anilines is 1. The Morgan fingerprint density at radius 3 is 2.58 bits per heavy atom. The van der Waals surface area contributed by atoms with Crippen molar-refractivity contribution in [3.05, 3.63) is 52.0 Å². The fourth-order valence-electron chi connectivity index (χ4n) is 1.42. The molecule has 0 unspecified atom stereocenters. The van der Waals surface area contributed by atoms with E-state index in [2.05, 4.69) is 15.9 Å². The second-order valence-electron chi connectivity index (χ2n) is 3.67. The number of halogens is 3. The molecule has 0 saturated carbocycles. The van der Waals surface area contributed by atoms with E-state index >= 15 is 0 Å². The summed E-state index contributed by atoms with van der Waals surface area (Å²) in [6.07, 6.45) is 0. The maximum absolute atomic E-state index is 13.6. The minimum absolute atomic E-state index is 0.0930. The highest BCUT2D eigenvalue weighted by Crippen LogP contribution is 2.32. The summed E-state index contributed by atoms with van der Waals surface area (Å²) in [7, 11) is 0. The summed E-state index contributed by atoms with van der Waals surface area (Å²) in [6.45, 7) is 0. The Balaban J connectivity index is 2.44. The van der Waals surface area contributed by atoms with Crippen LogP contribution in [-0.4, -0.2) is 0 Å². The van der Waals surface area contributed by atoms with Crippen molar-refractivity contribution in [2.45, 2.75) is 0 Å². The zero-order chi connectivity index (χ0) is 14.0. The van der Waals surface area contributed by atoms with Crippen molar-refractivity contribution in [3.8, 4) is 17.6 Å². The van der Waals surface area contributed by atoms with Crippen LogP contribution in [0, 0.1) is 23.0 Å². The molecule has 3 nitrogen and oxygen atoms in total. The summed E-state index contributed by atoms with van der Waals surface area (Å²) in [5.41, 5.74) is 6.18. The van der Waals surface area contributed by atoms with Crippen LogP contribution in [-0.2, 0) is 0 Å². The first kappa shape index (κ1) is 13.3. The van der Waals surface area contributed by atoms with Gasteiger partial charge in [0.25, 0.3) is 0 Å². The Hall–Kier alpha value is -2.13. The lowest BCUT2D eigenvalue weighted by atomic mass is 10.2. The molecular formula is C13H7BrF2N2O. The maximum Gasteiger partial charge on any atom is 0.201 e. The highest BCUT2D eigenvalue weighted by atomic mass is 79.9. The third-order valence-electron chi connectivity index (χ3n) is 2.32. The second-order valence-corrected chi connectivity index (χ2v) is 4.58. The van der Waals surface area contributed by atoms with Gasteiger partial charge < -0.3 is 10.5 Å². The first-order valence-corrected chi connectivity index (χ1v) is 5.92. The zero-order valence-corrected chi connectivity index (χ0v) is 11.0. The van der Waals surface area contributed by atoms with E-state index in [1.54, 1.807) is 0 Å². The molecule has 2 aromatic rings. The van der Waals surface area contributed by atoms with Crippen molar-refractivity contribution < 1.29 is 13.5 Å². The molecule has 0 amide bonds. The molecular weight excluding hydrogens is 318 g/mol. The second kappa shape index (κ2) is 5.24. The van der Waals surface area contributed by atoms with E-state index in [0.717, 1.165) is 6.07 Å². The Morgan fingerprint density at radius 2 is 1.89 bits per heavy atom. The van der Waals surface area contributed by atoms with Gasteiger partial charge in [0.1, 0.15) is 0 Å². The smallest absolute Gasteiger partial charge is 0.201 e. The summed E-state index contributed by atoms with van der Waals surface area (Å²) >= 11 is 3.04. The number of nitrogens with zero attached hydrogens (tertiary/aromatic N) is 1. The average molecular weight is 325 g/mol. The van der Waals surface area contributed by atoms with Crippen molar-refractivity contribution >= 4 is 21.6 Å². The first-order chi connectivity index (χ1) is 9.01. The van der Waals surface area contributed by atoms with Gasteiger partial charge in [-0.05, 0) is 24.3 Å². The van der Waals surface area contributed by atoms with Crippen LogP contribution >= 0.6 is 15.9 Å². The minimum Gasteiger partial charge on any atom is -0.452 e. The van der Waals surface area contributed by atoms with Gasteiger partial charge in [-0.25, -0.2) is 4.39 Å². The predicted octanol–water partition coefficient (Wildman–Crippen LogP) is 3.97. The van der Waals surface area contributed by atoms with Crippen LogP contribution in [0.4, 0.5) is 14.5 Å². The number of hydrogen-bond acceptors (Lipinski definition) is 3. The van der Waals surface area contributed by atoms with Crippen molar-refractivity contribution in [1.82, 2.24) is 0 Å². The molecule has 19 heavy (non-hydrogen) atoms. The largest absolute Gasteiger partial charge is 0.452 e. The lowest BCUT2D eigenvalue weighted by Crippen LogP contribution is -1.96. The zero-order valence-electron chi connectivity index (χ0n) is 9.45. The van der Waals surface area contributed by atoms with Gasteiger partial charge in [0.05, 0.1) is 17.3 Å². The van der Waals surface area contributed by atoms with E-state index in [-0.39, 0.29) is 17.2 Å². The summed E-state index contributed by atoms with van der Waals surface area (Å²) in [5.74, 6) is -2.38. The van der Waals surface area contributed by atoms with Crippen LogP contribution in [0.15, 0.2) is 34.8 Å². The van der Waals surface area contributed by atoms with E-state index in [0.29, 0.717) is 10.0 Å². The first-order valence-electron chi connectivity index (χ1n) is 5.13. The normalized spacial score (nSPS) is 10.0. The van der Waals surface area contributed by atoms with Crippen molar-refractivity contribution in [2.24, 2.45) is 0 Å². The minimum atomic E-state index is -1.12. The molecule has 0 aliphatic rings. The van der Waals surface area contributed by atoms with Crippen LogP contribution in [0.5, 0.6) is 11.5 Å². The van der Waals surface area contributed by atoms with Crippen molar-refractivity contribution in [2.75, 3.05) is 5.73 Å². The van der Waals surface area contributed by atoms with Gasteiger partial charge in [0.2, 0.25) is 5.82 Å². The van der Waals surface area contributed by atoms with Gasteiger partial charge in [-0.15, -0.1) is 0 Å². The van der Waals surface area contributed by atoms with Gasteiger partial charge in [0, 0.05) is 10.5 Å². The van der Waals surface area contributed by atoms with Gasteiger partial charge in [-0.1, -0.05) is 15.9 Å². The van der Waals surface area contributed by atoms with E-state index in [1.807, 2.05) is 6.07 Å². The van der Waals surface area contributed by atoms with Crippen LogP contribution in [0.3, 0.4) is 0 Å². The molecule has 0 aromatic heterocycles. The Labute approximate surface area is 116 Å². The molecule has 0 atom stereocenters. The molecule has 0 aliphatic heterocycles. The quantitative estimate of drug-likeness (QED) is 0.671. The molecule has 6 heteroatoms. The predicted molar refractivity (Wildman–Crippen MR) is 69.7 cm³/mol. The fourth-order valence-corrected chi connectivity index (χ4v) is 1.83. The van der Waals surface area contributed by atoms with Gasteiger partial charge in [-0.3, -0.25) is 0 Å². The lowest BCUT2D eigenvalue weighted by Gasteiger charge is -2.10. The van der Waals surface area contributed by atoms with Gasteiger partial charge >= 0.3 is 0 Å². The van der Waals surface area contributed by atoms with Crippen LogP contribution in [0.2, 0.25) is 0 Å².